The number of carbonyl (C=O) groups excluding carboxylic acids is 1. The number of nitrogens with zero attached hydrogens (tertiary/aromatic N) is 1. The molecule has 6 heteroatoms. The zero-order chi connectivity index (χ0) is 16.6. The van der Waals surface area contributed by atoms with Gasteiger partial charge in [0, 0.05) is 26.2 Å². The molecule has 0 aliphatic carbocycles. The van der Waals surface area contributed by atoms with Gasteiger partial charge in [-0.25, -0.2) is 4.79 Å². The van der Waals surface area contributed by atoms with Crippen LogP contribution in [0.4, 0.5) is 4.79 Å². The zero-order valence-electron chi connectivity index (χ0n) is 14.2. The fourth-order valence-corrected chi connectivity index (χ4v) is 2.47. The third kappa shape index (κ3) is 7.42. The molecule has 6 nitrogen and oxygen atoms in total. The molecule has 22 heavy (non-hydrogen) atoms. The van der Waals surface area contributed by atoms with Crippen LogP contribution in [0.5, 0.6) is 0 Å². The van der Waals surface area contributed by atoms with Crippen LogP contribution in [0, 0.1) is 0 Å². The summed E-state index contributed by atoms with van der Waals surface area (Å²) in [7, 11) is 0. The number of likely N-dealkylation sites (tertiary alicyclic amines) is 1. The molecule has 3 N–H and O–H groups in total. The van der Waals surface area contributed by atoms with Crippen molar-refractivity contribution in [1.29, 1.82) is 0 Å². The van der Waals surface area contributed by atoms with E-state index in [1.165, 1.54) is 0 Å². The Morgan fingerprint density at radius 3 is 2.41 bits per heavy atom. The summed E-state index contributed by atoms with van der Waals surface area (Å²) >= 11 is 0. The van der Waals surface area contributed by atoms with Gasteiger partial charge >= 0.3 is 6.09 Å². The standard InChI is InChI=1S/C16H32N2O4/c1-15(2,3)22-14(20)18-10-7-16(21,8-11-18)13-17-9-5-4-6-12-19/h17,19,21H,4-13H2,1-3H3. The Morgan fingerprint density at radius 2 is 1.86 bits per heavy atom. The maximum Gasteiger partial charge on any atom is 0.410 e. The molecule has 130 valence electrons. The molecule has 1 amide bonds. The van der Waals surface area contributed by atoms with Gasteiger partial charge < -0.3 is 25.2 Å². The average molecular weight is 316 g/mol. The van der Waals surface area contributed by atoms with Gasteiger partial charge in [0.2, 0.25) is 0 Å². The summed E-state index contributed by atoms with van der Waals surface area (Å²) in [6.45, 7) is 8.25. The van der Waals surface area contributed by atoms with Crippen molar-refractivity contribution >= 4 is 6.09 Å². The van der Waals surface area contributed by atoms with E-state index in [0.717, 1.165) is 25.8 Å². The fraction of sp³-hybridized carbons (Fsp3) is 0.938. The highest BCUT2D eigenvalue weighted by Gasteiger charge is 2.34. The zero-order valence-corrected chi connectivity index (χ0v) is 14.2. The summed E-state index contributed by atoms with van der Waals surface area (Å²) in [6.07, 6.45) is 3.66. The number of carbonyl (C=O) groups is 1. The fourth-order valence-electron chi connectivity index (χ4n) is 2.47. The summed E-state index contributed by atoms with van der Waals surface area (Å²) in [6, 6.07) is 0. The predicted molar refractivity (Wildman–Crippen MR) is 85.8 cm³/mol. The van der Waals surface area contributed by atoms with Gasteiger partial charge in [-0.05, 0) is 59.4 Å². The van der Waals surface area contributed by atoms with Crippen LogP contribution in [0.15, 0.2) is 0 Å². The first-order chi connectivity index (χ1) is 10.3. The lowest BCUT2D eigenvalue weighted by Gasteiger charge is -2.38. The van der Waals surface area contributed by atoms with Crippen molar-refractivity contribution in [3.63, 3.8) is 0 Å². The van der Waals surface area contributed by atoms with Crippen LogP contribution in [-0.4, -0.2) is 65.2 Å². The SMILES string of the molecule is CC(C)(C)OC(=O)N1CCC(O)(CNCCCCCO)CC1. The van der Waals surface area contributed by atoms with E-state index >= 15 is 0 Å². The Morgan fingerprint density at radius 1 is 1.23 bits per heavy atom. The highest BCUT2D eigenvalue weighted by molar-refractivity contribution is 5.68. The van der Waals surface area contributed by atoms with Crippen LogP contribution in [-0.2, 0) is 4.74 Å². The van der Waals surface area contributed by atoms with E-state index in [9.17, 15) is 9.90 Å². The van der Waals surface area contributed by atoms with E-state index in [2.05, 4.69) is 5.32 Å². The molecule has 0 spiro atoms. The molecule has 0 aromatic carbocycles. The van der Waals surface area contributed by atoms with E-state index in [-0.39, 0.29) is 12.7 Å². The minimum Gasteiger partial charge on any atom is -0.444 e. The first-order valence-corrected chi connectivity index (χ1v) is 8.28. The first-order valence-electron chi connectivity index (χ1n) is 8.28. The molecular formula is C16H32N2O4. The van der Waals surface area contributed by atoms with Gasteiger partial charge in [-0.2, -0.15) is 0 Å². The molecule has 0 saturated carbocycles. The van der Waals surface area contributed by atoms with Crippen molar-refractivity contribution in [2.75, 3.05) is 32.8 Å². The highest BCUT2D eigenvalue weighted by atomic mass is 16.6. The summed E-state index contributed by atoms with van der Waals surface area (Å²) in [4.78, 5) is 13.6. The second kappa shape index (κ2) is 8.70. The number of hydrogen-bond donors (Lipinski definition) is 3. The number of aliphatic hydroxyl groups is 2. The third-order valence-corrected chi connectivity index (χ3v) is 3.81. The van der Waals surface area contributed by atoms with Crippen LogP contribution in [0.25, 0.3) is 0 Å². The van der Waals surface area contributed by atoms with Gasteiger partial charge in [0.25, 0.3) is 0 Å². The number of piperidine rings is 1. The molecule has 0 aromatic rings. The van der Waals surface area contributed by atoms with E-state index in [1.807, 2.05) is 20.8 Å². The van der Waals surface area contributed by atoms with Gasteiger partial charge in [0.1, 0.15) is 5.60 Å². The Kier molecular flexibility index (Phi) is 7.59. The van der Waals surface area contributed by atoms with Crippen LogP contribution < -0.4 is 5.32 Å². The number of amides is 1. The monoisotopic (exact) mass is 316 g/mol. The summed E-state index contributed by atoms with van der Waals surface area (Å²) in [5, 5.41) is 22.5. The van der Waals surface area contributed by atoms with Gasteiger partial charge in [-0.1, -0.05) is 0 Å². The Bertz CT molecular complexity index is 334. The van der Waals surface area contributed by atoms with Crippen molar-refractivity contribution in [2.24, 2.45) is 0 Å². The lowest BCUT2D eigenvalue weighted by molar-refractivity contribution is -0.0308. The van der Waals surface area contributed by atoms with Crippen LogP contribution >= 0.6 is 0 Å². The van der Waals surface area contributed by atoms with Gasteiger partial charge in [-0.3, -0.25) is 0 Å². The van der Waals surface area contributed by atoms with Gasteiger partial charge in [0.05, 0.1) is 5.60 Å². The lowest BCUT2D eigenvalue weighted by Crippen LogP contribution is -2.52. The number of ether oxygens (including phenoxy) is 1. The number of nitrogens with one attached hydrogen (secondary N) is 1. The van der Waals surface area contributed by atoms with E-state index < -0.39 is 11.2 Å². The minimum absolute atomic E-state index is 0.241. The minimum atomic E-state index is -0.741. The number of aliphatic hydroxyl groups excluding tert-OH is 1. The third-order valence-electron chi connectivity index (χ3n) is 3.81. The molecule has 1 rings (SSSR count). The predicted octanol–water partition coefficient (Wildman–Crippen LogP) is 1.50. The molecular weight excluding hydrogens is 284 g/mol. The molecule has 0 unspecified atom stereocenters. The van der Waals surface area contributed by atoms with Crippen LogP contribution in [0.1, 0.15) is 52.9 Å². The van der Waals surface area contributed by atoms with Crippen molar-refractivity contribution in [2.45, 2.75) is 64.1 Å². The van der Waals surface area contributed by atoms with E-state index in [0.29, 0.717) is 32.5 Å². The van der Waals surface area contributed by atoms with E-state index in [1.54, 1.807) is 4.90 Å². The van der Waals surface area contributed by atoms with Gasteiger partial charge in [0.15, 0.2) is 0 Å². The van der Waals surface area contributed by atoms with Crippen molar-refractivity contribution in [1.82, 2.24) is 10.2 Å². The maximum atomic E-state index is 12.0. The Labute approximate surface area is 133 Å². The Hall–Kier alpha value is -0.850. The smallest absolute Gasteiger partial charge is 0.410 e. The van der Waals surface area contributed by atoms with E-state index in [4.69, 9.17) is 9.84 Å². The second-order valence-corrected chi connectivity index (χ2v) is 7.15. The Balaban J connectivity index is 2.24. The maximum absolute atomic E-state index is 12.0. The summed E-state index contributed by atoms with van der Waals surface area (Å²) < 4.78 is 5.35. The lowest BCUT2D eigenvalue weighted by atomic mass is 9.91. The van der Waals surface area contributed by atoms with Crippen LogP contribution in [0.2, 0.25) is 0 Å². The molecule has 0 bridgehead atoms. The normalized spacial score (nSPS) is 18.3. The first kappa shape index (κ1) is 19.2. The van der Waals surface area contributed by atoms with Crippen LogP contribution in [0.3, 0.4) is 0 Å². The number of unbranched alkanes of at least 4 members (excludes halogenated alkanes) is 2. The molecule has 0 atom stereocenters. The van der Waals surface area contributed by atoms with Crippen molar-refractivity contribution in [3.05, 3.63) is 0 Å². The molecule has 1 aliphatic heterocycles. The number of rotatable bonds is 7. The topological polar surface area (TPSA) is 82.0 Å². The molecule has 1 saturated heterocycles. The average Bonchev–Trinajstić information content (AvgIpc) is 2.41. The molecule has 1 fully saturated rings. The molecule has 1 aliphatic rings. The van der Waals surface area contributed by atoms with Gasteiger partial charge in [-0.15, -0.1) is 0 Å². The highest BCUT2D eigenvalue weighted by Crippen LogP contribution is 2.23. The molecule has 1 heterocycles. The number of hydrogen-bond acceptors (Lipinski definition) is 5. The van der Waals surface area contributed by atoms with Crippen molar-refractivity contribution < 1.29 is 19.7 Å². The molecule has 0 aromatic heterocycles. The summed E-state index contributed by atoms with van der Waals surface area (Å²) in [5.74, 6) is 0. The largest absolute Gasteiger partial charge is 0.444 e. The van der Waals surface area contributed by atoms with Crippen molar-refractivity contribution in [3.8, 4) is 0 Å². The molecule has 0 radical (unpaired) electrons. The second-order valence-electron chi connectivity index (χ2n) is 7.15. The quantitative estimate of drug-likeness (QED) is 0.620. The summed E-state index contributed by atoms with van der Waals surface area (Å²) in [5.41, 5.74) is -1.23.